The van der Waals surface area contributed by atoms with Crippen molar-refractivity contribution in [3.8, 4) is 0 Å². The number of nitrogens with one attached hydrogen (secondary N) is 1. The molecule has 0 aliphatic heterocycles. The Bertz CT molecular complexity index is 564. The van der Waals surface area contributed by atoms with Crippen molar-refractivity contribution >= 4 is 23.2 Å². The summed E-state index contributed by atoms with van der Waals surface area (Å²) in [7, 11) is 0. The van der Waals surface area contributed by atoms with Gasteiger partial charge in [-0.25, -0.2) is 0 Å². The molecule has 0 aliphatic rings. The SMILES string of the molecule is CC(NC(=O)c1c(N)cccc1Cl)c1ccccc1. The van der Waals surface area contributed by atoms with Crippen LogP contribution in [0.15, 0.2) is 48.5 Å². The van der Waals surface area contributed by atoms with E-state index in [4.69, 9.17) is 17.3 Å². The number of hydrogen-bond donors (Lipinski definition) is 2. The van der Waals surface area contributed by atoms with Gasteiger partial charge in [0.25, 0.3) is 5.91 Å². The Morgan fingerprint density at radius 1 is 1.16 bits per heavy atom. The summed E-state index contributed by atoms with van der Waals surface area (Å²) < 4.78 is 0. The molecular weight excluding hydrogens is 260 g/mol. The highest BCUT2D eigenvalue weighted by atomic mass is 35.5. The van der Waals surface area contributed by atoms with Crippen molar-refractivity contribution < 1.29 is 4.79 Å². The molecule has 0 fully saturated rings. The molecular formula is C15H15ClN2O. The third-order valence-corrected chi connectivity index (χ3v) is 3.24. The van der Waals surface area contributed by atoms with Crippen molar-refractivity contribution in [3.05, 3.63) is 64.7 Å². The number of amides is 1. The predicted octanol–water partition coefficient (Wildman–Crippen LogP) is 3.41. The third-order valence-electron chi connectivity index (χ3n) is 2.92. The van der Waals surface area contributed by atoms with Crippen LogP contribution in [0.25, 0.3) is 0 Å². The van der Waals surface area contributed by atoms with Gasteiger partial charge in [0.2, 0.25) is 0 Å². The average molecular weight is 275 g/mol. The van der Waals surface area contributed by atoms with E-state index in [9.17, 15) is 4.79 Å². The molecule has 98 valence electrons. The number of rotatable bonds is 3. The lowest BCUT2D eigenvalue weighted by Crippen LogP contribution is -2.27. The maximum Gasteiger partial charge on any atom is 0.255 e. The maximum atomic E-state index is 12.2. The Kier molecular flexibility index (Phi) is 4.07. The highest BCUT2D eigenvalue weighted by Crippen LogP contribution is 2.23. The lowest BCUT2D eigenvalue weighted by Gasteiger charge is -2.15. The van der Waals surface area contributed by atoms with E-state index in [0.717, 1.165) is 5.56 Å². The fourth-order valence-electron chi connectivity index (χ4n) is 1.87. The summed E-state index contributed by atoms with van der Waals surface area (Å²) in [6.45, 7) is 1.92. The molecule has 1 atom stereocenters. The second kappa shape index (κ2) is 5.76. The van der Waals surface area contributed by atoms with E-state index in [-0.39, 0.29) is 11.9 Å². The number of carbonyl (C=O) groups excluding carboxylic acids is 1. The van der Waals surface area contributed by atoms with Crippen molar-refractivity contribution in [2.45, 2.75) is 13.0 Å². The lowest BCUT2D eigenvalue weighted by atomic mass is 10.1. The second-order valence-corrected chi connectivity index (χ2v) is 4.72. The average Bonchev–Trinajstić information content (AvgIpc) is 2.39. The lowest BCUT2D eigenvalue weighted by molar-refractivity contribution is 0.0941. The van der Waals surface area contributed by atoms with Crippen LogP contribution in [0.4, 0.5) is 5.69 Å². The van der Waals surface area contributed by atoms with Crippen LogP contribution in [0.3, 0.4) is 0 Å². The summed E-state index contributed by atoms with van der Waals surface area (Å²) in [6, 6.07) is 14.6. The first-order valence-corrected chi connectivity index (χ1v) is 6.37. The Morgan fingerprint density at radius 2 is 1.84 bits per heavy atom. The van der Waals surface area contributed by atoms with Gasteiger partial charge < -0.3 is 11.1 Å². The van der Waals surface area contributed by atoms with E-state index < -0.39 is 0 Å². The Balaban J connectivity index is 2.18. The van der Waals surface area contributed by atoms with Crippen molar-refractivity contribution in [2.75, 3.05) is 5.73 Å². The fraction of sp³-hybridized carbons (Fsp3) is 0.133. The van der Waals surface area contributed by atoms with Crippen molar-refractivity contribution in [2.24, 2.45) is 0 Å². The second-order valence-electron chi connectivity index (χ2n) is 4.31. The van der Waals surface area contributed by atoms with E-state index >= 15 is 0 Å². The van der Waals surface area contributed by atoms with Gasteiger partial charge in [-0.2, -0.15) is 0 Å². The van der Waals surface area contributed by atoms with Gasteiger partial charge in [0.05, 0.1) is 16.6 Å². The molecule has 0 radical (unpaired) electrons. The highest BCUT2D eigenvalue weighted by Gasteiger charge is 2.16. The summed E-state index contributed by atoms with van der Waals surface area (Å²) in [5, 5.41) is 3.25. The van der Waals surface area contributed by atoms with E-state index in [1.165, 1.54) is 0 Å². The van der Waals surface area contributed by atoms with Crippen LogP contribution in [-0.4, -0.2) is 5.91 Å². The summed E-state index contributed by atoms with van der Waals surface area (Å²) in [6.07, 6.45) is 0. The normalized spacial score (nSPS) is 11.9. The van der Waals surface area contributed by atoms with Crippen LogP contribution >= 0.6 is 11.6 Å². The molecule has 0 heterocycles. The molecule has 0 aliphatic carbocycles. The maximum absolute atomic E-state index is 12.2. The van der Waals surface area contributed by atoms with Crippen molar-refractivity contribution in [1.82, 2.24) is 5.32 Å². The number of nitrogens with two attached hydrogens (primary N) is 1. The zero-order chi connectivity index (χ0) is 13.8. The molecule has 3 N–H and O–H groups in total. The molecule has 2 rings (SSSR count). The highest BCUT2D eigenvalue weighted by molar-refractivity contribution is 6.34. The number of carbonyl (C=O) groups is 1. The fourth-order valence-corrected chi connectivity index (χ4v) is 2.14. The van der Waals surface area contributed by atoms with E-state index in [1.807, 2.05) is 37.3 Å². The first-order valence-electron chi connectivity index (χ1n) is 5.99. The van der Waals surface area contributed by atoms with Crippen LogP contribution < -0.4 is 11.1 Å². The molecule has 19 heavy (non-hydrogen) atoms. The van der Waals surface area contributed by atoms with E-state index in [0.29, 0.717) is 16.3 Å². The van der Waals surface area contributed by atoms with Gasteiger partial charge in [0.15, 0.2) is 0 Å². The molecule has 0 bridgehead atoms. The van der Waals surface area contributed by atoms with Gasteiger partial charge >= 0.3 is 0 Å². The first kappa shape index (κ1) is 13.4. The largest absolute Gasteiger partial charge is 0.398 e. The molecule has 2 aromatic carbocycles. The van der Waals surface area contributed by atoms with Gasteiger partial charge in [-0.15, -0.1) is 0 Å². The summed E-state index contributed by atoms with van der Waals surface area (Å²) in [4.78, 5) is 12.2. The molecule has 1 amide bonds. The molecule has 1 unspecified atom stereocenters. The Morgan fingerprint density at radius 3 is 2.47 bits per heavy atom. The molecule has 0 saturated carbocycles. The number of benzene rings is 2. The van der Waals surface area contributed by atoms with Gasteiger partial charge in [0.1, 0.15) is 0 Å². The van der Waals surface area contributed by atoms with Crippen molar-refractivity contribution in [3.63, 3.8) is 0 Å². The zero-order valence-corrected chi connectivity index (χ0v) is 11.3. The van der Waals surface area contributed by atoms with Gasteiger partial charge in [-0.3, -0.25) is 4.79 Å². The molecule has 2 aromatic rings. The van der Waals surface area contributed by atoms with E-state index in [2.05, 4.69) is 5.32 Å². The minimum Gasteiger partial charge on any atom is -0.398 e. The molecule has 0 saturated heterocycles. The summed E-state index contributed by atoms with van der Waals surface area (Å²) in [5.41, 5.74) is 7.53. The number of halogens is 1. The Hall–Kier alpha value is -2.00. The third kappa shape index (κ3) is 3.06. The van der Waals surface area contributed by atoms with E-state index in [1.54, 1.807) is 18.2 Å². The van der Waals surface area contributed by atoms with Crippen molar-refractivity contribution in [1.29, 1.82) is 0 Å². The van der Waals surface area contributed by atoms with Gasteiger partial charge in [-0.05, 0) is 24.6 Å². The van der Waals surface area contributed by atoms with Crippen LogP contribution in [0.5, 0.6) is 0 Å². The van der Waals surface area contributed by atoms with Crippen LogP contribution in [0.1, 0.15) is 28.9 Å². The summed E-state index contributed by atoms with van der Waals surface area (Å²) >= 11 is 6.01. The molecule has 0 spiro atoms. The first-order chi connectivity index (χ1) is 9.09. The van der Waals surface area contributed by atoms with Crippen LogP contribution in [0, 0.1) is 0 Å². The number of nitrogen functional groups attached to an aromatic ring is 1. The zero-order valence-electron chi connectivity index (χ0n) is 10.6. The van der Waals surface area contributed by atoms with Crippen LogP contribution in [-0.2, 0) is 0 Å². The number of anilines is 1. The molecule has 3 nitrogen and oxygen atoms in total. The molecule has 0 aromatic heterocycles. The smallest absolute Gasteiger partial charge is 0.255 e. The van der Waals surface area contributed by atoms with Crippen LogP contribution in [0.2, 0.25) is 5.02 Å². The Labute approximate surface area is 117 Å². The predicted molar refractivity (Wildman–Crippen MR) is 78.2 cm³/mol. The number of hydrogen-bond acceptors (Lipinski definition) is 2. The quantitative estimate of drug-likeness (QED) is 0.843. The summed E-state index contributed by atoms with van der Waals surface area (Å²) in [5.74, 6) is -0.264. The monoisotopic (exact) mass is 274 g/mol. The standard InChI is InChI=1S/C15H15ClN2O/c1-10(11-6-3-2-4-7-11)18-15(19)14-12(16)8-5-9-13(14)17/h2-10H,17H2,1H3,(H,18,19). The minimum absolute atomic E-state index is 0.107. The topological polar surface area (TPSA) is 55.1 Å². The van der Waals surface area contributed by atoms with Gasteiger partial charge in [0, 0.05) is 5.69 Å². The molecule has 4 heteroatoms. The minimum atomic E-state index is -0.264. The van der Waals surface area contributed by atoms with Gasteiger partial charge in [-0.1, -0.05) is 48.0 Å².